The first-order valence-corrected chi connectivity index (χ1v) is 11.0. The topological polar surface area (TPSA) is 127 Å². The average Bonchev–Trinajstić information content (AvgIpc) is 3.10. The van der Waals surface area contributed by atoms with Gasteiger partial charge in [0.2, 0.25) is 0 Å². The zero-order valence-corrected chi connectivity index (χ0v) is 18.4. The summed E-state index contributed by atoms with van der Waals surface area (Å²) in [5, 5.41) is 29.6. The smallest absolute Gasteiger partial charge is 0.396 e. The van der Waals surface area contributed by atoms with Gasteiger partial charge in [0, 0.05) is 18.9 Å². The third kappa shape index (κ3) is 5.15. The Morgan fingerprint density at radius 1 is 1.14 bits per heavy atom. The van der Waals surface area contributed by atoms with Crippen molar-refractivity contribution in [2.24, 2.45) is 0 Å². The molecule has 2 aromatic heterocycles. The number of aromatic nitrogens is 3. The molecule has 2 aromatic rings. The van der Waals surface area contributed by atoms with Gasteiger partial charge in [-0.05, 0) is 42.5 Å². The van der Waals surface area contributed by atoms with Crippen LogP contribution in [0.2, 0.25) is 0 Å². The molecule has 1 aliphatic heterocycles. The van der Waals surface area contributed by atoms with Crippen LogP contribution >= 0.6 is 0 Å². The lowest BCUT2D eigenvalue weighted by molar-refractivity contribution is -0.141. The SMILES string of the molecule is O=c1ccn(C2OC(CCO)C(O)C2O)c(=O)n1Cc1cc(C2=CCCC=C2)cc(C(F)(F)F)n1. The Labute approximate surface area is 197 Å². The molecule has 9 nitrogen and oxygen atoms in total. The van der Waals surface area contributed by atoms with Gasteiger partial charge in [0.05, 0.1) is 18.3 Å². The van der Waals surface area contributed by atoms with Crippen molar-refractivity contribution in [3.05, 3.63) is 80.4 Å². The molecule has 1 aliphatic carbocycles. The number of aliphatic hydroxyl groups excluding tert-OH is 3. The Kier molecular flexibility index (Phi) is 7.08. The van der Waals surface area contributed by atoms with E-state index in [2.05, 4.69) is 4.98 Å². The predicted octanol–water partition coefficient (Wildman–Crippen LogP) is 1.21. The lowest BCUT2D eigenvalue weighted by Crippen LogP contribution is -2.43. The van der Waals surface area contributed by atoms with E-state index in [-0.39, 0.29) is 24.3 Å². The van der Waals surface area contributed by atoms with E-state index in [1.54, 1.807) is 12.2 Å². The first-order chi connectivity index (χ1) is 16.6. The summed E-state index contributed by atoms with van der Waals surface area (Å²) in [5.41, 5.74) is -2.22. The Balaban J connectivity index is 1.73. The molecule has 4 rings (SSSR count). The van der Waals surface area contributed by atoms with E-state index in [1.807, 2.05) is 6.08 Å². The Hall–Kier alpha value is -3.06. The number of halogens is 3. The first kappa shape index (κ1) is 25.0. The van der Waals surface area contributed by atoms with Crippen LogP contribution < -0.4 is 11.2 Å². The molecule has 0 amide bonds. The van der Waals surface area contributed by atoms with Gasteiger partial charge in [-0.3, -0.25) is 13.9 Å². The molecule has 0 saturated carbocycles. The maximum absolute atomic E-state index is 13.5. The summed E-state index contributed by atoms with van der Waals surface area (Å²) in [4.78, 5) is 29.2. The molecule has 12 heteroatoms. The summed E-state index contributed by atoms with van der Waals surface area (Å²) in [7, 11) is 0. The highest BCUT2D eigenvalue weighted by Crippen LogP contribution is 2.32. The molecule has 4 unspecified atom stereocenters. The van der Waals surface area contributed by atoms with E-state index < -0.39 is 54.2 Å². The molecule has 188 valence electrons. The minimum Gasteiger partial charge on any atom is -0.396 e. The molecule has 3 heterocycles. The number of hydrogen-bond acceptors (Lipinski definition) is 7. The summed E-state index contributed by atoms with van der Waals surface area (Å²) >= 11 is 0. The maximum atomic E-state index is 13.5. The second kappa shape index (κ2) is 9.90. The van der Waals surface area contributed by atoms with Gasteiger partial charge in [0.1, 0.15) is 17.9 Å². The number of hydrogen-bond donors (Lipinski definition) is 3. The van der Waals surface area contributed by atoms with E-state index in [1.165, 1.54) is 6.07 Å². The van der Waals surface area contributed by atoms with Crippen LogP contribution in [0.3, 0.4) is 0 Å². The number of rotatable bonds is 6. The van der Waals surface area contributed by atoms with Gasteiger partial charge in [-0.1, -0.05) is 18.2 Å². The van der Waals surface area contributed by atoms with Gasteiger partial charge >= 0.3 is 11.9 Å². The van der Waals surface area contributed by atoms with Crippen LogP contribution in [0, 0.1) is 0 Å². The van der Waals surface area contributed by atoms with Crippen LogP contribution in [0.25, 0.3) is 5.57 Å². The number of ether oxygens (including phenoxy) is 1. The second-order valence-corrected chi connectivity index (χ2v) is 8.36. The monoisotopic (exact) mass is 495 g/mol. The second-order valence-electron chi connectivity index (χ2n) is 8.36. The maximum Gasteiger partial charge on any atom is 0.433 e. The van der Waals surface area contributed by atoms with Crippen molar-refractivity contribution >= 4 is 5.57 Å². The Bertz CT molecular complexity index is 1270. The van der Waals surface area contributed by atoms with E-state index in [0.717, 1.165) is 29.3 Å². The minimum atomic E-state index is -4.74. The van der Waals surface area contributed by atoms with Crippen molar-refractivity contribution in [3.8, 4) is 0 Å². The largest absolute Gasteiger partial charge is 0.433 e. The number of pyridine rings is 1. The van der Waals surface area contributed by atoms with E-state index in [0.29, 0.717) is 16.6 Å². The van der Waals surface area contributed by atoms with Crippen molar-refractivity contribution in [1.29, 1.82) is 0 Å². The zero-order chi connectivity index (χ0) is 25.3. The fourth-order valence-corrected chi connectivity index (χ4v) is 4.17. The van der Waals surface area contributed by atoms with Gasteiger partial charge in [0.25, 0.3) is 5.56 Å². The molecule has 1 saturated heterocycles. The highest BCUT2D eigenvalue weighted by Gasteiger charge is 2.43. The van der Waals surface area contributed by atoms with Crippen molar-refractivity contribution < 1.29 is 33.2 Å². The fourth-order valence-electron chi connectivity index (χ4n) is 4.17. The third-order valence-electron chi connectivity index (χ3n) is 5.94. The normalized spacial score (nSPS) is 24.6. The lowest BCUT2D eigenvalue weighted by Gasteiger charge is -2.19. The number of nitrogens with zero attached hydrogens (tertiary/aromatic N) is 3. The lowest BCUT2D eigenvalue weighted by atomic mass is 9.99. The standard InChI is InChI=1S/C23H24F3N3O6/c24-23(25,26)17-11-14(13-4-2-1-3-5-13)10-15(27-17)12-29-18(31)6-8-28(22(29)34)21-20(33)19(32)16(35-21)7-9-30/h2,4-6,8,10-11,16,19-21,30,32-33H,1,3,7,9,12H2. The number of aliphatic hydroxyl groups is 3. The highest BCUT2D eigenvalue weighted by molar-refractivity contribution is 5.75. The van der Waals surface area contributed by atoms with Gasteiger partial charge in [-0.2, -0.15) is 13.2 Å². The summed E-state index contributed by atoms with van der Waals surface area (Å²) in [6.45, 7) is -0.886. The molecular weight excluding hydrogens is 471 g/mol. The Morgan fingerprint density at radius 3 is 2.57 bits per heavy atom. The molecule has 0 bridgehead atoms. The van der Waals surface area contributed by atoms with Crippen LogP contribution in [0.4, 0.5) is 13.2 Å². The summed E-state index contributed by atoms with van der Waals surface area (Å²) in [5.74, 6) is 0. The highest BCUT2D eigenvalue weighted by atomic mass is 19.4. The van der Waals surface area contributed by atoms with Crippen molar-refractivity contribution in [3.63, 3.8) is 0 Å². The predicted molar refractivity (Wildman–Crippen MR) is 117 cm³/mol. The molecule has 0 radical (unpaired) electrons. The molecular formula is C23H24F3N3O6. The molecule has 0 spiro atoms. The van der Waals surface area contributed by atoms with Crippen molar-refractivity contribution in [2.45, 2.75) is 56.5 Å². The van der Waals surface area contributed by atoms with Crippen LogP contribution in [0.5, 0.6) is 0 Å². The third-order valence-corrected chi connectivity index (χ3v) is 5.94. The van der Waals surface area contributed by atoms with E-state index >= 15 is 0 Å². The van der Waals surface area contributed by atoms with E-state index in [9.17, 15) is 33.0 Å². The van der Waals surface area contributed by atoms with Crippen molar-refractivity contribution in [1.82, 2.24) is 14.1 Å². The van der Waals surface area contributed by atoms with Gasteiger partial charge in [0.15, 0.2) is 6.23 Å². The summed E-state index contributed by atoms with van der Waals surface area (Å²) in [6.07, 6.45) is -2.10. The van der Waals surface area contributed by atoms with Crippen LogP contribution in [-0.4, -0.2) is 54.4 Å². The molecule has 1 fully saturated rings. The van der Waals surface area contributed by atoms with Gasteiger partial charge in [-0.15, -0.1) is 0 Å². The Morgan fingerprint density at radius 2 is 1.91 bits per heavy atom. The zero-order valence-electron chi connectivity index (χ0n) is 18.4. The quantitative estimate of drug-likeness (QED) is 0.550. The van der Waals surface area contributed by atoms with Crippen LogP contribution in [-0.2, 0) is 17.5 Å². The van der Waals surface area contributed by atoms with E-state index in [4.69, 9.17) is 9.84 Å². The number of alkyl halides is 3. The summed E-state index contributed by atoms with van der Waals surface area (Å²) < 4.78 is 47.7. The van der Waals surface area contributed by atoms with Crippen LogP contribution in [0.1, 0.15) is 42.4 Å². The molecule has 2 aliphatic rings. The molecule has 35 heavy (non-hydrogen) atoms. The first-order valence-electron chi connectivity index (χ1n) is 11.0. The van der Waals surface area contributed by atoms with Crippen LogP contribution in [0.15, 0.2) is 52.2 Å². The molecule has 3 N–H and O–H groups in total. The molecule has 4 atom stereocenters. The fraction of sp³-hybridized carbons (Fsp3) is 0.435. The molecule has 0 aromatic carbocycles. The van der Waals surface area contributed by atoms with Gasteiger partial charge in [-0.25, -0.2) is 9.78 Å². The average molecular weight is 495 g/mol. The minimum absolute atomic E-state index is 0.00431. The summed E-state index contributed by atoms with van der Waals surface area (Å²) in [6, 6.07) is 3.31. The number of allylic oxidation sites excluding steroid dienone is 4. The van der Waals surface area contributed by atoms with Crippen molar-refractivity contribution in [2.75, 3.05) is 6.61 Å². The van der Waals surface area contributed by atoms with Gasteiger partial charge < -0.3 is 20.1 Å².